The third-order valence-electron chi connectivity index (χ3n) is 3.10. The molecule has 1 aromatic carbocycles. The van der Waals surface area contributed by atoms with E-state index in [1.807, 2.05) is 44.7 Å². The van der Waals surface area contributed by atoms with Gasteiger partial charge in [0, 0.05) is 30.4 Å². The summed E-state index contributed by atoms with van der Waals surface area (Å²) in [5.74, 6) is 1.57. The lowest BCUT2D eigenvalue weighted by molar-refractivity contribution is 0.388. The Morgan fingerprint density at radius 2 is 2.05 bits per heavy atom. The summed E-state index contributed by atoms with van der Waals surface area (Å²) in [5.41, 5.74) is 2.15. The Balaban J connectivity index is 2.43. The van der Waals surface area contributed by atoms with Crippen molar-refractivity contribution in [3.8, 4) is 11.5 Å². The first-order valence-electron chi connectivity index (χ1n) is 6.07. The van der Waals surface area contributed by atoms with E-state index >= 15 is 0 Å². The van der Waals surface area contributed by atoms with Gasteiger partial charge in [-0.2, -0.15) is 5.10 Å². The van der Waals surface area contributed by atoms with E-state index in [-0.39, 0.29) is 6.04 Å². The van der Waals surface area contributed by atoms with Crippen LogP contribution in [0.5, 0.6) is 11.5 Å². The molecule has 0 aliphatic rings. The second kappa shape index (κ2) is 5.75. The molecule has 1 aromatic heterocycles. The van der Waals surface area contributed by atoms with Crippen LogP contribution < -0.4 is 14.8 Å². The van der Waals surface area contributed by atoms with Crippen LogP contribution in [0, 0.1) is 0 Å². The van der Waals surface area contributed by atoms with Crippen LogP contribution in [0.25, 0.3) is 0 Å². The molecule has 5 nitrogen and oxygen atoms in total. The van der Waals surface area contributed by atoms with Crippen molar-refractivity contribution < 1.29 is 9.47 Å². The van der Waals surface area contributed by atoms with Crippen LogP contribution in [0.15, 0.2) is 30.6 Å². The molecule has 2 rings (SSSR count). The average Bonchev–Trinajstić information content (AvgIpc) is 2.86. The van der Waals surface area contributed by atoms with Crippen LogP contribution in [-0.2, 0) is 7.05 Å². The molecule has 0 amide bonds. The van der Waals surface area contributed by atoms with Crippen LogP contribution in [0.3, 0.4) is 0 Å². The van der Waals surface area contributed by atoms with Gasteiger partial charge in [0.05, 0.1) is 26.5 Å². The molecule has 0 saturated heterocycles. The molecule has 0 saturated carbocycles. The van der Waals surface area contributed by atoms with Gasteiger partial charge in [-0.15, -0.1) is 0 Å². The molecule has 0 radical (unpaired) electrons. The highest BCUT2D eigenvalue weighted by molar-refractivity contribution is 5.45. The molecular weight excluding hydrogens is 242 g/mol. The van der Waals surface area contributed by atoms with E-state index in [0.29, 0.717) is 0 Å². The number of aryl methyl sites for hydroxylation is 1. The van der Waals surface area contributed by atoms with E-state index < -0.39 is 0 Å². The zero-order valence-electron chi connectivity index (χ0n) is 11.7. The van der Waals surface area contributed by atoms with E-state index in [1.54, 1.807) is 18.9 Å². The molecule has 102 valence electrons. The zero-order valence-corrected chi connectivity index (χ0v) is 11.7. The van der Waals surface area contributed by atoms with Crippen molar-refractivity contribution >= 4 is 0 Å². The van der Waals surface area contributed by atoms with Crippen LogP contribution in [0.1, 0.15) is 17.2 Å². The predicted octanol–water partition coefficient (Wildman–Crippen LogP) is 1.75. The number of rotatable bonds is 5. The first-order chi connectivity index (χ1) is 9.19. The maximum Gasteiger partial charge on any atom is 0.127 e. The summed E-state index contributed by atoms with van der Waals surface area (Å²) in [6.07, 6.45) is 3.84. The summed E-state index contributed by atoms with van der Waals surface area (Å²) in [4.78, 5) is 0. The van der Waals surface area contributed by atoms with Crippen LogP contribution >= 0.6 is 0 Å². The summed E-state index contributed by atoms with van der Waals surface area (Å²) >= 11 is 0. The molecule has 1 N–H and O–H groups in total. The van der Waals surface area contributed by atoms with Crippen LogP contribution in [0.2, 0.25) is 0 Å². The summed E-state index contributed by atoms with van der Waals surface area (Å²) < 4.78 is 12.5. The standard InChI is InChI=1S/C14H19N3O2/c1-15-14(10-8-16-17(2)9-10)12-6-5-11(18-3)7-13(12)19-4/h5-9,14-15H,1-4H3. The lowest BCUT2D eigenvalue weighted by atomic mass is 10.0. The maximum atomic E-state index is 5.45. The van der Waals surface area contributed by atoms with Crippen molar-refractivity contribution in [3.05, 3.63) is 41.7 Å². The molecular formula is C14H19N3O2. The highest BCUT2D eigenvalue weighted by atomic mass is 16.5. The maximum absolute atomic E-state index is 5.45. The minimum atomic E-state index is 0.0366. The van der Waals surface area contributed by atoms with Gasteiger partial charge in [-0.05, 0) is 19.2 Å². The van der Waals surface area contributed by atoms with Crippen molar-refractivity contribution in [3.63, 3.8) is 0 Å². The lowest BCUT2D eigenvalue weighted by Crippen LogP contribution is -2.18. The Kier molecular flexibility index (Phi) is 4.06. The molecule has 1 heterocycles. The monoisotopic (exact) mass is 261 g/mol. The number of benzene rings is 1. The fourth-order valence-corrected chi connectivity index (χ4v) is 2.15. The van der Waals surface area contributed by atoms with Gasteiger partial charge < -0.3 is 14.8 Å². The van der Waals surface area contributed by atoms with Gasteiger partial charge >= 0.3 is 0 Å². The smallest absolute Gasteiger partial charge is 0.127 e. The SMILES string of the molecule is CNC(c1cnn(C)c1)c1ccc(OC)cc1OC. The Bertz CT molecular complexity index is 551. The molecule has 0 aliphatic heterocycles. The van der Waals surface area contributed by atoms with E-state index in [2.05, 4.69) is 10.4 Å². The molecule has 1 atom stereocenters. The van der Waals surface area contributed by atoms with E-state index in [0.717, 1.165) is 22.6 Å². The van der Waals surface area contributed by atoms with E-state index in [4.69, 9.17) is 9.47 Å². The first kappa shape index (κ1) is 13.4. The number of aromatic nitrogens is 2. The summed E-state index contributed by atoms with van der Waals surface area (Å²) in [7, 11) is 7.13. The minimum Gasteiger partial charge on any atom is -0.497 e. The first-order valence-corrected chi connectivity index (χ1v) is 6.07. The molecule has 0 aliphatic carbocycles. The number of nitrogens with zero attached hydrogens (tertiary/aromatic N) is 2. The third-order valence-corrected chi connectivity index (χ3v) is 3.10. The van der Waals surface area contributed by atoms with Gasteiger partial charge in [-0.25, -0.2) is 0 Å². The Morgan fingerprint density at radius 3 is 2.58 bits per heavy atom. The molecule has 19 heavy (non-hydrogen) atoms. The predicted molar refractivity (Wildman–Crippen MR) is 73.7 cm³/mol. The summed E-state index contributed by atoms with van der Waals surface area (Å²) in [6, 6.07) is 5.86. The minimum absolute atomic E-state index is 0.0366. The second-order valence-electron chi connectivity index (χ2n) is 4.28. The molecule has 0 spiro atoms. The third kappa shape index (κ3) is 2.71. The number of nitrogens with one attached hydrogen (secondary N) is 1. The van der Waals surface area contributed by atoms with Crippen molar-refractivity contribution in [1.82, 2.24) is 15.1 Å². The van der Waals surface area contributed by atoms with Gasteiger partial charge in [0.2, 0.25) is 0 Å². The second-order valence-corrected chi connectivity index (χ2v) is 4.28. The number of hydrogen-bond donors (Lipinski definition) is 1. The van der Waals surface area contributed by atoms with Crippen molar-refractivity contribution in [2.24, 2.45) is 7.05 Å². The van der Waals surface area contributed by atoms with Crippen molar-refractivity contribution in [2.75, 3.05) is 21.3 Å². The number of ether oxygens (including phenoxy) is 2. The average molecular weight is 261 g/mol. The fourth-order valence-electron chi connectivity index (χ4n) is 2.15. The summed E-state index contributed by atoms with van der Waals surface area (Å²) in [6.45, 7) is 0. The van der Waals surface area contributed by atoms with E-state index in [9.17, 15) is 0 Å². The number of hydrogen-bond acceptors (Lipinski definition) is 4. The Morgan fingerprint density at radius 1 is 1.26 bits per heavy atom. The molecule has 2 aromatic rings. The number of methoxy groups -OCH3 is 2. The topological polar surface area (TPSA) is 48.3 Å². The van der Waals surface area contributed by atoms with Gasteiger partial charge in [-0.3, -0.25) is 4.68 Å². The van der Waals surface area contributed by atoms with E-state index in [1.165, 1.54) is 0 Å². The molecule has 0 fully saturated rings. The summed E-state index contributed by atoms with van der Waals surface area (Å²) in [5, 5.41) is 7.50. The molecule has 5 heteroatoms. The normalized spacial score (nSPS) is 12.2. The van der Waals surface area contributed by atoms with Crippen molar-refractivity contribution in [1.29, 1.82) is 0 Å². The Labute approximate surface area is 113 Å². The molecule has 0 bridgehead atoms. The Hall–Kier alpha value is -2.01. The van der Waals surface area contributed by atoms with Crippen LogP contribution in [0.4, 0.5) is 0 Å². The lowest BCUT2D eigenvalue weighted by Gasteiger charge is -2.18. The highest BCUT2D eigenvalue weighted by Crippen LogP contribution is 2.32. The van der Waals surface area contributed by atoms with Gasteiger partial charge in [0.15, 0.2) is 0 Å². The van der Waals surface area contributed by atoms with Gasteiger partial charge in [0.25, 0.3) is 0 Å². The van der Waals surface area contributed by atoms with Gasteiger partial charge in [-0.1, -0.05) is 0 Å². The quantitative estimate of drug-likeness (QED) is 0.890. The largest absolute Gasteiger partial charge is 0.497 e. The zero-order chi connectivity index (χ0) is 13.8. The fraction of sp³-hybridized carbons (Fsp3) is 0.357. The van der Waals surface area contributed by atoms with Crippen molar-refractivity contribution in [2.45, 2.75) is 6.04 Å². The molecule has 1 unspecified atom stereocenters. The van der Waals surface area contributed by atoms with Crippen LogP contribution in [-0.4, -0.2) is 31.0 Å². The highest BCUT2D eigenvalue weighted by Gasteiger charge is 2.18. The van der Waals surface area contributed by atoms with Gasteiger partial charge in [0.1, 0.15) is 11.5 Å².